The monoisotopic (exact) mass is 306 g/mol. The minimum Gasteiger partial charge on any atom is -0.497 e. The summed E-state index contributed by atoms with van der Waals surface area (Å²) in [6.45, 7) is 2.79. The van der Waals surface area contributed by atoms with Gasteiger partial charge in [-0.05, 0) is 52.2 Å². The summed E-state index contributed by atoms with van der Waals surface area (Å²) < 4.78 is 6.12. The number of methoxy groups -OCH3 is 1. The second-order valence-electron chi connectivity index (χ2n) is 4.02. The van der Waals surface area contributed by atoms with Crippen LogP contribution in [0.4, 0.5) is 5.82 Å². The van der Waals surface area contributed by atoms with Gasteiger partial charge in [-0.15, -0.1) is 0 Å². The van der Waals surface area contributed by atoms with Crippen LogP contribution in [0.15, 0.2) is 41.0 Å². The summed E-state index contributed by atoms with van der Waals surface area (Å²) in [5.74, 6) is 1.78. The summed E-state index contributed by atoms with van der Waals surface area (Å²) in [5.41, 5.74) is 2.32. The second-order valence-corrected chi connectivity index (χ2v) is 4.94. The molecule has 2 aromatic rings. The molecule has 1 N–H and O–H groups in total. The summed E-state index contributed by atoms with van der Waals surface area (Å²) >= 11 is 3.40. The van der Waals surface area contributed by atoms with Crippen molar-refractivity contribution in [3.63, 3.8) is 0 Å². The molecule has 0 aliphatic heterocycles. The van der Waals surface area contributed by atoms with Gasteiger partial charge in [0.2, 0.25) is 0 Å². The number of nitrogens with zero attached hydrogens (tertiary/aromatic N) is 1. The molecule has 0 spiro atoms. The number of aromatic nitrogens is 1. The van der Waals surface area contributed by atoms with Crippen LogP contribution < -0.4 is 10.1 Å². The van der Waals surface area contributed by atoms with Crippen molar-refractivity contribution in [1.82, 2.24) is 4.98 Å². The van der Waals surface area contributed by atoms with Crippen LogP contribution in [0, 0.1) is 6.92 Å². The molecule has 0 amide bonds. The molecule has 3 nitrogen and oxygen atoms in total. The molecule has 0 aliphatic carbocycles. The fourth-order valence-electron chi connectivity index (χ4n) is 1.65. The minimum absolute atomic E-state index is 0.749. The highest BCUT2D eigenvalue weighted by Gasteiger charge is 2.00. The minimum atomic E-state index is 0.749. The van der Waals surface area contributed by atoms with Crippen molar-refractivity contribution >= 4 is 21.7 Å². The molecule has 4 heteroatoms. The van der Waals surface area contributed by atoms with Gasteiger partial charge >= 0.3 is 0 Å². The number of ether oxygens (including phenoxy) is 1. The predicted octanol–water partition coefficient (Wildman–Crippen LogP) is 3.77. The van der Waals surface area contributed by atoms with Crippen molar-refractivity contribution in [3.05, 3.63) is 52.1 Å². The number of pyridine rings is 1. The number of aryl methyl sites for hydroxylation is 1. The fraction of sp³-hybridized carbons (Fsp3) is 0.214. The molecule has 0 saturated heterocycles. The summed E-state index contributed by atoms with van der Waals surface area (Å²) in [5, 5.41) is 3.32. The number of nitrogens with one attached hydrogen (secondary N) is 1. The van der Waals surface area contributed by atoms with Gasteiger partial charge in [0.1, 0.15) is 11.6 Å². The number of hydrogen-bond acceptors (Lipinski definition) is 3. The summed E-state index contributed by atoms with van der Waals surface area (Å²) in [6.07, 6.45) is 1.79. The number of benzene rings is 1. The zero-order chi connectivity index (χ0) is 13.0. The van der Waals surface area contributed by atoms with E-state index in [1.165, 1.54) is 5.56 Å². The van der Waals surface area contributed by atoms with E-state index in [0.717, 1.165) is 28.1 Å². The van der Waals surface area contributed by atoms with E-state index in [9.17, 15) is 0 Å². The van der Waals surface area contributed by atoms with Gasteiger partial charge in [-0.25, -0.2) is 4.98 Å². The zero-order valence-corrected chi connectivity index (χ0v) is 12.0. The molecule has 2 rings (SSSR count). The SMILES string of the molecule is COc1ccc(CNc2ncc(Br)cc2C)cc1. The first-order valence-corrected chi connectivity index (χ1v) is 6.47. The van der Waals surface area contributed by atoms with Crippen LogP contribution in [0.5, 0.6) is 5.75 Å². The molecule has 1 heterocycles. The second kappa shape index (κ2) is 5.87. The third-order valence-corrected chi connectivity index (χ3v) is 3.10. The van der Waals surface area contributed by atoms with Crippen molar-refractivity contribution in [1.29, 1.82) is 0 Å². The van der Waals surface area contributed by atoms with Gasteiger partial charge in [0.25, 0.3) is 0 Å². The van der Waals surface area contributed by atoms with Gasteiger partial charge in [0.05, 0.1) is 7.11 Å². The van der Waals surface area contributed by atoms with Gasteiger partial charge in [-0.3, -0.25) is 0 Å². The third kappa shape index (κ3) is 3.23. The van der Waals surface area contributed by atoms with E-state index in [1.54, 1.807) is 13.3 Å². The highest BCUT2D eigenvalue weighted by atomic mass is 79.9. The number of rotatable bonds is 4. The maximum Gasteiger partial charge on any atom is 0.129 e. The van der Waals surface area contributed by atoms with Crippen molar-refractivity contribution in [2.45, 2.75) is 13.5 Å². The van der Waals surface area contributed by atoms with Crippen molar-refractivity contribution in [2.75, 3.05) is 12.4 Å². The van der Waals surface area contributed by atoms with Crippen LogP contribution in [0.1, 0.15) is 11.1 Å². The molecule has 1 aromatic carbocycles. The van der Waals surface area contributed by atoms with Gasteiger partial charge in [-0.2, -0.15) is 0 Å². The van der Waals surface area contributed by atoms with E-state index >= 15 is 0 Å². The van der Waals surface area contributed by atoms with Crippen molar-refractivity contribution < 1.29 is 4.74 Å². The molecule has 0 saturated carbocycles. The Balaban J connectivity index is 2.02. The average Bonchev–Trinajstić information content (AvgIpc) is 2.38. The predicted molar refractivity (Wildman–Crippen MR) is 77.0 cm³/mol. The standard InChI is InChI=1S/C14H15BrN2O/c1-10-7-12(15)9-17-14(10)16-8-11-3-5-13(18-2)6-4-11/h3-7,9H,8H2,1-2H3,(H,16,17). The molecule has 0 atom stereocenters. The molecule has 1 aromatic heterocycles. The molecule has 0 bridgehead atoms. The zero-order valence-electron chi connectivity index (χ0n) is 10.4. The molecular formula is C14H15BrN2O. The van der Waals surface area contributed by atoms with Gasteiger partial charge in [0.15, 0.2) is 0 Å². The lowest BCUT2D eigenvalue weighted by Gasteiger charge is -2.09. The van der Waals surface area contributed by atoms with Gasteiger partial charge < -0.3 is 10.1 Å². The highest BCUT2D eigenvalue weighted by molar-refractivity contribution is 9.10. The van der Waals surface area contributed by atoms with E-state index in [2.05, 4.69) is 26.2 Å². The Morgan fingerprint density at radius 2 is 2.00 bits per heavy atom. The average molecular weight is 307 g/mol. The smallest absolute Gasteiger partial charge is 0.129 e. The van der Waals surface area contributed by atoms with Crippen LogP contribution in [0.3, 0.4) is 0 Å². The molecule has 94 valence electrons. The largest absolute Gasteiger partial charge is 0.497 e. The first-order valence-electron chi connectivity index (χ1n) is 5.68. The Morgan fingerprint density at radius 1 is 1.28 bits per heavy atom. The van der Waals surface area contributed by atoms with Crippen molar-refractivity contribution in [3.8, 4) is 5.75 Å². The van der Waals surface area contributed by atoms with Crippen LogP contribution in [0.25, 0.3) is 0 Å². The number of halogens is 1. The van der Waals surface area contributed by atoms with E-state index < -0.39 is 0 Å². The lowest BCUT2D eigenvalue weighted by atomic mass is 10.2. The van der Waals surface area contributed by atoms with Gasteiger partial charge in [-0.1, -0.05) is 12.1 Å². The third-order valence-electron chi connectivity index (χ3n) is 2.66. The molecule has 18 heavy (non-hydrogen) atoms. The maximum atomic E-state index is 5.13. The Labute approximate surface area is 115 Å². The van der Waals surface area contributed by atoms with E-state index in [0.29, 0.717) is 0 Å². The van der Waals surface area contributed by atoms with E-state index in [-0.39, 0.29) is 0 Å². The molecule has 0 unspecified atom stereocenters. The van der Waals surface area contributed by atoms with E-state index in [4.69, 9.17) is 4.74 Å². The topological polar surface area (TPSA) is 34.1 Å². The summed E-state index contributed by atoms with van der Waals surface area (Å²) in [6, 6.07) is 10.0. The molecule has 0 fully saturated rings. The Kier molecular flexibility index (Phi) is 4.20. The summed E-state index contributed by atoms with van der Waals surface area (Å²) in [4.78, 5) is 4.34. The number of anilines is 1. The van der Waals surface area contributed by atoms with Crippen LogP contribution in [-0.4, -0.2) is 12.1 Å². The fourth-order valence-corrected chi connectivity index (χ4v) is 2.10. The number of hydrogen-bond donors (Lipinski definition) is 1. The quantitative estimate of drug-likeness (QED) is 0.933. The van der Waals surface area contributed by atoms with Crippen LogP contribution in [-0.2, 0) is 6.54 Å². The van der Waals surface area contributed by atoms with Crippen LogP contribution >= 0.6 is 15.9 Å². The van der Waals surface area contributed by atoms with Crippen molar-refractivity contribution in [2.24, 2.45) is 0 Å². The Hall–Kier alpha value is -1.55. The molecule has 0 aliphatic rings. The van der Waals surface area contributed by atoms with E-state index in [1.807, 2.05) is 37.3 Å². The maximum absolute atomic E-state index is 5.13. The molecule has 0 radical (unpaired) electrons. The first kappa shape index (κ1) is 12.9. The van der Waals surface area contributed by atoms with Crippen LogP contribution in [0.2, 0.25) is 0 Å². The lowest BCUT2D eigenvalue weighted by Crippen LogP contribution is -2.03. The first-order chi connectivity index (χ1) is 8.69. The summed E-state index contributed by atoms with van der Waals surface area (Å²) in [7, 11) is 1.67. The highest BCUT2D eigenvalue weighted by Crippen LogP contribution is 2.18. The lowest BCUT2D eigenvalue weighted by molar-refractivity contribution is 0.414. The van der Waals surface area contributed by atoms with Gasteiger partial charge in [0, 0.05) is 17.2 Å². The Morgan fingerprint density at radius 3 is 2.61 bits per heavy atom. The molecular weight excluding hydrogens is 292 g/mol. The normalized spacial score (nSPS) is 10.2. The Bertz CT molecular complexity index is 526.